The van der Waals surface area contributed by atoms with Crippen molar-refractivity contribution < 1.29 is 4.74 Å². The molecule has 1 aromatic carbocycles. The number of nitrogens with one attached hydrogen (secondary N) is 1. The molecule has 0 saturated heterocycles. The fourth-order valence-corrected chi connectivity index (χ4v) is 1.79. The Morgan fingerprint density at radius 2 is 2.16 bits per heavy atom. The van der Waals surface area contributed by atoms with Crippen LogP contribution in [0.2, 0.25) is 5.02 Å². The lowest BCUT2D eigenvalue weighted by molar-refractivity contribution is 0.264. The number of rotatable bonds is 6. The first-order valence-corrected chi connectivity index (χ1v) is 6.78. The maximum absolute atomic E-state index is 8.93. The molecule has 0 aliphatic carbocycles. The topological polar surface area (TPSA) is 45.0 Å². The van der Waals surface area contributed by atoms with Gasteiger partial charge in [-0.2, -0.15) is 5.26 Å². The first-order chi connectivity index (χ1) is 8.89. The van der Waals surface area contributed by atoms with Gasteiger partial charge in [-0.25, -0.2) is 0 Å². The monoisotopic (exact) mass is 280 g/mol. The van der Waals surface area contributed by atoms with E-state index in [1.54, 1.807) is 0 Å². The first-order valence-electron chi connectivity index (χ1n) is 6.40. The van der Waals surface area contributed by atoms with E-state index < -0.39 is 0 Å². The molecule has 19 heavy (non-hydrogen) atoms. The van der Waals surface area contributed by atoms with Gasteiger partial charge in [0.1, 0.15) is 5.75 Å². The molecule has 0 aliphatic heterocycles. The number of nitriles is 1. The van der Waals surface area contributed by atoms with Crippen LogP contribution in [0.15, 0.2) is 18.2 Å². The summed E-state index contributed by atoms with van der Waals surface area (Å²) in [6, 6.07) is 8.29. The Labute approximate surface area is 120 Å². The molecule has 3 nitrogen and oxygen atoms in total. The summed E-state index contributed by atoms with van der Waals surface area (Å²) in [5.74, 6) is 0.669. The highest BCUT2D eigenvalue weighted by atomic mass is 35.5. The lowest BCUT2D eigenvalue weighted by Crippen LogP contribution is -2.14. The van der Waals surface area contributed by atoms with Gasteiger partial charge < -0.3 is 10.1 Å². The number of ether oxygens (including phenoxy) is 1. The molecule has 0 radical (unpaired) electrons. The van der Waals surface area contributed by atoms with Gasteiger partial charge in [0.05, 0.1) is 23.1 Å². The molecule has 0 saturated carbocycles. The van der Waals surface area contributed by atoms with E-state index >= 15 is 0 Å². The van der Waals surface area contributed by atoms with Gasteiger partial charge in [0.15, 0.2) is 0 Å². The number of nitrogens with zero attached hydrogens (tertiary/aromatic N) is 1. The molecule has 1 atom stereocenters. The van der Waals surface area contributed by atoms with Gasteiger partial charge in [0.2, 0.25) is 0 Å². The maximum atomic E-state index is 8.93. The Bertz CT molecular complexity index is 466. The average Bonchev–Trinajstić information content (AvgIpc) is 2.39. The highest BCUT2D eigenvalue weighted by molar-refractivity contribution is 6.32. The molecule has 0 amide bonds. The molecule has 1 aromatic rings. The number of benzene rings is 1. The molecule has 4 heteroatoms. The third-order valence-corrected chi connectivity index (χ3v) is 3.47. The molecule has 0 heterocycles. The van der Waals surface area contributed by atoms with E-state index in [1.807, 2.05) is 39.1 Å². The SMILES string of the molecule is CNC(C)c1ccc(OCCC(C)(C)C#N)c(Cl)c1. The lowest BCUT2D eigenvalue weighted by Gasteiger charge is -2.17. The van der Waals surface area contributed by atoms with E-state index in [1.165, 1.54) is 0 Å². The summed E-state index contributed by atoms with van der Waals surface area (Å²) in [7, 11) is 1.91. The van der Waals surface area contributed by atoms with E-state index in [4.69, 9.17) is 21.6 Å². The van der Waals surface area contributed by atoms with Gasteiger partial charge in [-0.1, -0.05) is 17.7 Å². The molecular weight excluding hydrogens is 260 g/mol. The normalized spacial score (nSPS) is 12.8. The highest BCUT2D eigenvalue weighted by Crippen LogP contribution is 2.28. The van der Waals surface area contributed by atoms with Crippen LogP contribution in [0.5, 0.6) is 5.75 Å². The highest BCUT2D eigenvalue weighted by Gasteiger charge is 2.16. The minimum Gasteiger partial charge on any atom is -0.492 e. The van der Waals surface area contributed by atoms with Crippen LogP contribution in [0.4, 0.5) is 0 Å². The van der Waals surface area contributed by atoms with Crippen LogP contribution >= 0.6 is 11.6 Å². The van der Waals surface area contributed by atoms with Gasteiger partial charge >= 0.3 is 0 Å². The predicted octanol–water partition coefficient (Wildman–Crippen LogP) is 3.94. The second-order valence-corrected chi connectivity index (χ2v) is 5.70. The van der Waals surface area contributed by atoms with Crippen LogP contribution in [0.25, 0.3) is 0 Å². The molecule has 0 bridgehead atoms. The van der Waals surface area contributed by atoms with Crippen molar-refractivity contribution in [3.8, 4) is 11.8 Å². The zero-order chi connectivity index (χ0) is 14.5. The van der Waals surface area contributed by atoms with Crippen molar-refractivity contribution in [3.05, 3.63) is 28.8 Å². The molecule has 1 rings (SSSR count). The van der Waals surface area contributed by atoms with Crippen LogP contribution in [0, 0.1) is 16.7 Å². The summed E-state index contributed by atoms with van der Waals surface area (Å²) in [6.45, 7) is 6.36. The van der Waals surface area contributed by atoms with Crippen LogP contribution in [-0.4, -0.2) is 13.7 Å². The number of hydrogen-bond acceptors (Lipinski definition) is 3. The molecule has 0 fully saturated rings. The molecule has 1 N–H and O–H groups in total. The van der Waals surface area contributed by atoms with E-state index in [0.717, 1.165) is 5.56 Å². The molecule has 0 aromatic heterocycles. The van der Waals surface area contributed by atoms with Crippen molar-refractivity contribution >= 4 is 11.6 Å². The van der Waals surface area contributed by atoms with Gasteiger partial charge in [-0.05, 0) is 51.9 Å². The molecule has 0 spiro atoms. The minimum atomic E-state index is -0.368. The summed E-state index contributed by atoms with van der Waals surface area (Å²) < 4.78 is 5.64. The molecular formula is C15H21ClN2O. The largest absolute Gasteiger partial charge is 0.492 e. The van der Waals surface area contributed by atoms with Crippen LogP contribution in [-0.2, 0) is 0 Å². The lowest BCUT2D eigenvalue weighted by atomic mass is 9.92. The van der Waals surface area contributed by atoms with E-state index in [9.17, 15) is 0 Å². The fraction of sp³-hybridized carbons (Fsp3) is 0.533. The standard InChI is InChI=1S/C15H21ClN2O/c1-11(18-4)12-5-6-14(13(16)9-12)19-8-7-15(2,3)10-17/h5-6,9,11,18H,7-8H2,1-4H3. The number of halogens is 1. The van der Waals surface area contributed by atoms with Gasteiger partial charge in [0, 0.05) is 6.04 Å². The Balaban J connectivity index is 2.64. The molecule has 1 unspecified atom stereocenters. The minimum absolute atomic E-state index is 0.254. The van der Waals surface area contributed by atoms with Crippen molar-refractivity contribution in [2.24, 2.45) is 5.41 Å². The summed E-state index contributed by atoms with van der Waals surface area (Å²) in [5.41, 5.74) is 0.754. The van der Waals surface area contributed by atoms with E-state index in [-0.39, 0.29) is 11.5 Å². The van der Waals surface area contributed by atoms with Crippen LogP contribution in [0.3, 0.4) is 0 Å². The average molecular weight is 281 g/mol. The zero-order valence-corrected chi connectivity index (χ0v) is 12.7. The van der Waals surface area contributed by atoms with Crippen molar-refractivity contribution in [1.82, 2.24) is 5.32 Å². The third kappa shape index (κ3) is 4.74. The summed E-state index contributed by atoms with van der Waals surface area (Å²) >= 11 is 6.20. The maximum Gasteiger partial charge on any atom is 0.137 e. The van der Waals surface area contributed by atoms with Crippen LogP contribution < -0.4 is 10.1 Å². The van der Waals surface area contributed by atoms with Crippen molar-refractivity contribution in [2.45, 2.75) is 33.2 Å². The van der Waals surface area contributed by atoms with Crippen molar-refractivity contribution in [1.29, 1.82) is 5.26 Å². The second kappa shape index (κ2) is 6.79. The quantitative estimate of drug-likeness (QED) is 0.858. The van der Waals surface area contributed by atoms with Gasteiger partial charge in [-0.3, -0.25) is 0 Å². The third-order valence-electron chi connectivity index (χ3n) is 3.18. The number of hydrogen-bond donors (Lipinski definition) is 1. The Morgan fingerprint density at radius 1 is 1.47 bits per heavy atom. The second-order valence-electron chi connectivity index (χ2n) is 5.29. The molecule has 104 valence electrons. The van der Waals surface area contributed by atoms with Crippen LogP contribution in [0.1, 0.15) is 38.8 Å². The van der Waals surface area contributed by atoms with E-state index in [2.05, 4.69) is 18.3 Å². The van der Waals surface area contributed by atoms with Crippen molar-refractivity contribution in [2.75, 3.05) is 13.7 Å². The summed E-state index contributed by atoms with van der Waals surface area (Å²) in [6.07, 6.45) is 0.675. The Hall–Kier alpha value is -1.24. The summed E-state index contributed by atoms with van der Waals surface area (Å²) in [5, 5.41) is 12.7. The predicted molar refractivity (Wildman–Crippen MR) is 78.4 cm³/mol. The smallest absolute Gasteiger partial charge is 0.137 e. The fourth-order valence-electron chi connectivity index (χ4n) is 1.54. The zero-order valence-electron chi connectivity index (χ0n) is 12.0. The summed E-state index contributed by atoms with van der Waals surface area (Å²) in [4.78, 5) is 0. The first kappa shape index (κ1) is 15.8. The Kier molecular flexibility index (Phi) is 5.65. The van der Waals surface area contributed by atoms with E-state index in [0.29, 0.717) is 23.8 Å². The molecule has 0 aliphatic rings. The Morgan fingerprint density at radius 3 is 2.68 bits per heavy atom. The van der Waals surface area contributed by atoms with Crippen molar-refractivity contribution in [3.63, 3.8) is 0 Å². The van der Waals surface area contributed by atoms with Gasteiger partial charge in [-0.15, -0.1) is 0 Å². The van der Waals surface area contributed by atoms with Gasteiger partial charge in [0.25, 0.3) is 0 Å².